The summed E-state index contributed by atoms with van der Waals surface area (Å²) < 4.78 is 96.0. The summed E-state index contributed by atoms with van der Waals surface area (Å²) in [6.07, 6.45) is 7.62. The fourth-order valence-electron chi connectivity index (χ4n) is 7.88. The van der Waals surface area contributed by atoms with E-state index in [2.05, 4.69) is 37.4 Å². The molecule has 0 aliphatic heterocycles. The molecule has 234 valence electrons. The van der Waals surface area contributed by atoms with Crippen LogP contribution < -0.4 is 5.63 Å². The molecule has 2 aromatic carbocycles. The first-order valence-electron chi connectivity index (χ1n) is 15.3. The van der Waals surface area contributed by atoms with Gasteiger partial charge in [-0.25, -0.2) is 0 Å². The van der Waals surface area contributed by atoms with Gasteiger partial charge in [-0.05, 0) is 0 Å². The van der Waals surface area contributed by atoms with Gasteiger partial charge in [0.25, 0.3) is 0 Å². The molecule has 6 rings (SSSR count). The predicted octanol–water partition coefficient (Wildman–Crippen LogP) is 11.4. The van der Waals surface area contributed by atoms with Crippen molar-refractivity contribution in [3.05, 3.63) is 106 Å². The molecule has 10 heteroatoms. The van der Waals surface area contributed by atoms with Crippen LogP contribution in [0, 0.1) is 0 Å². The van der Waals surface area contributed by atoms with E-state index in [0.717, 1.165) is 75.6 Å². The molecule has 0 heterocycles. The van der Waals surface area contributed by atoms with Gasteiger partial charge in [-0.1, -0.05) is 0 Å². The molecule has 2 unspecified atom stereocenters. The fourth-order valence-corrected chi connectivity index (χ4v) is 38.8. The third-order valence-corrected chi connectivity index (χ3v) is 43.1. The Morgan fingerprint density at radius 1 is 0.591 bits per heavy atom. The molecule has 0 saturated carbocycles. The van der Waals surface area contributed by atoms with Crippen molar-refractivity contribution in [1.29, 1.82) is 0 Å². The molecule has 2 aromatic rings. The summed E-state index contributed by atoms with van der Waals surface area (Å²) in [5.74, 6) is 0.636. The molecule has 0 N–H and O–H groups in total. The van der Waals surface area contributed by atoms with Crippen molar-refractivity contribution in [3.63, 3.8) is 0 Å². The summed E-state index contributed by atoms with van der Waals surface area (Å²) in [7, 11) is 0. The number of rotatable bonds is 6. The zero-order chi connectivity index (χ0) is 31.4. The van der Waals surface area contributed by atoms with Crippen LogP contribution in [0.4, 0.5) is 26.3 Å². The predicted molar refractivity (Wildman–Crippen MR) is 158 cm³/mol. The third kappa shape index (κ3) is 5.32. The average molecular weight is 710 g/mol. The Bertz CT molecular complexity index is 1520. The second-order valence-electron chi connectivity index (χ2n) is 12.7. The van der Waals surface area contributed by atoms with Crippen molar-refractivity contribution in [3.8, 4) is 11.5 Å². The summed E-state index contributed by atoms with van der Waals surface area (Å²) in [5, 5.41) is 0. The van der Waals surface area contributed by atoms with E-state index in [0.29, 0.717) is 11.5 Å². The first kappa shape index (κ1) is 31.7. The van der Waals surface area contributed by atoms with E-state index in [1.165, 1.54) is 46.6 Å². The van der Waals surface area contributed by atoms with Crippen LogP contribution in [0.1, 0.15) is 62.5 Å². The topological polar surface area (TPSA) is 18.5 Å². The third-order valence-electron chi connectivity index (χ3n) is 10.0. The normalized spacial score (nSPS) is 22.3. The molecule has 0 spiro atoms. The zero-order valence-electron chi connectivity index (χ0n) is 24.8. The average Bonchev–Trinajstić information content (AvgIpc) is 3.62. The Balaban J connectivity index is 1.63. The van der Waals surface area contributed by atoms with E-state index in [-0.39, 0.29) is 7.25 Å². The van der Waals surface area contributed by atoms with Crippen LogP contribution in [-0.2, 0) is 30.6 Å². The number of benzene rings is 2. The van der Waals surface area contributed by atoms with E-state index < -0.39 is 47.2 Å². The molecular formula is C34H36F6O2SiZr. The molecule has 2 atom stereocenters. The Morgan fingerprint density at radius 2 is 0.955 bits per heavy atom. The van der Waals surface area contributed by atoms with Crippen LogP contribution in [0.5, 0.6) is 11.5 Å². The standard InChI is InChI=1S/2C9H11.2C7H5F3O.C2H6Si.Zr/c2*1-2-5-9-7-3-6-8(9)4-1;2*8-7(9,10)5-1-3-6(11)4-2-5;1-3-2;/h2*3,6-7H,1-2,4-5H2;2*1-4,11H;1-2H3;/q;;;;;+2/p-2. The van der Waals surface area contributed by atoms with Crippen molar-refractivity contribution in [2.24, 2.45) is 0 Å². The van der Waals surface area contributed by atoms with Crippen LogP contribution in [0.3, 0.4) is 0 Å². The molecule has 0 radical (unpaired) electrons. The minimum atomic E-state index is -5.54. The van der Waals surface area contributed by atoms with E-state index in [4.69, 9.17) is 5.63 Å². The molecule has 2 nitrogen and oxygen atoms in total. The summed E-state index contributed by atoms with van der Waals surface area (Å²) in [6.45, 7) is 4.35. The number of halogens is 6. The zero-order valence-corrected chi connectivity index (χ0v) is 28.3. The quantitative estimate of drug-likeness (QED) is 0.220. The van der Waals surface area contributed by atoms with Gasteiger partial charge >= 0.3 is 257 Å². The SMILES string of the molecule is C[Si](C)=[Zr]([O]c1ccc(C(F)(F)F)cc1)([O]c1ccc(C(F)(F)F)cc1)([CH]1C=CC2=C1CCCC2)[CH]1C=CC2=C1CCCC2. The maximum absolute atomic E-state index is 13.6. The Morgan fingerprint density at radius 3 is 1.30 bits per heavy atom. The molecule has 4 aliphatic carbocycles. The maximum atomic E-state index is 13.6. The molecular weight excluding hydrogens is 674 g/mol. The van der Waals surface area contributed by atoms with Gasteiger partial charge in [0.15, 0.2) is 0 Å². The minimum absolute atomic E-state index is 0.191. The van der Waals surface area contributed by atoms with Gasteiger partial charge in [-0.15, -0.1) is 0 Å². The molecule has 0 bridgehead atoms. The van der Waals surface area contributed by atoms with Gasteiger partial charge in [0.05, 0.1) is 0 Å². The van der Waals surface area contributed by atoms with E-state index in [1.54, 1.807) is 0 Å². The monoisotopic (exact) mass is 708 g/mol. The summed E-state index contributed by atoms with van der Waals surface area (Å²) in [4.78, 5) is 0. The van der Waals surface area contributed by atoms with Gasteiger partial charge in [0.2, 0.25) is 0 Å². The van der Waals surface area contributed by atoms with Crippen LogP contribution in [-0.4, -0.2) is 5.43 Å². The summed E-state index contributed by atoms with van der Waals surface area (Å²) in [6, 6.07) is 9.73. The van der Waals surface area contributed by atoms with Gasteiger partial charge in [0, 0.05) is 0 Å². The van der Waals surface area contributed by atoms with Gasteiger partial charge in [-0.3, -0.25) is 0 Å². The molecule has 0 amide bonds. The van der Waals surface area contributed by atoms with Crippen LogP contribution in [0.15, 0.2) is 95.1 Å². The van der Waals surface area contributed by atoms with Crippen molar-refractivity contribution in [2.75, 3.05) is 0 Å². The van der Waals surface area contributed by atoms with Gasteiger partial charge in [0.1, 0.15) is 0 Å². The number of allylic oxidation sites excluding steroid dienone is 8. The number of alkyl halides is 6. The second-order valence-corrected chi connectivity index (χ2v) is 37.9. The second kappa shape index (κ2) is 11.5. The van der Waals surface area contributed by atoms with Crippen molar-refractivity contribution in [2.45, 2.75) is 84.1 Å². The molecule has 4 aliphatic rings. The summed E-state index contributed by atoms with van der Waals surface area (Å²) >= 11 is -5.54. The molecule has 0 saturated heterocycles. The Hall–Kier alpha value is -2.32. The van der Waals surface area contributed by atoms with Crippen molar-refractivity contribution < 1.29 is 50.2 Å². The first-order valence-corrected chi connectivity index (χ1v) is 26.4. The van der Waals surface area contributed by atoms with Crippen molar-refractivity contribution in [1.82, 2.24) is 0 Å². The van der Waals surface area contributed by atoms with Gasteiger partial charge in [-0.2, -0.15) is 0 Å². The molecule has 44 heavy (non-hydrogen) atoms. The number of hydrogen-bond acceptors (Lipinski definition) is 2. The van der Waals surface area contributed by atoms with Crippen LogP contribution in [0.25, 0.3) is 0 Å². The van der Waals surface area contributed by atoms with E-state index in [9.17, 15) is 26.3 Å². The van der Waals surface area contributed by atoms with Crippen LogP contribution >= 0.6 is 0 Å². The fraction of sp³-hybridized carbons (Fsp3) is 0.412. The van der Waals surface area contributed by atoms with E-state index >= 15 is 0 Å². The van der Waals surface area contributed by atoms with E-state index in [1.807, 2.05) is 0 Å². The summed E-state index contributed by atoms with van der Waals surface area (Å²) in [5.41, 5.74) is 2.01. The number of hydrogen-bond donors (Lipinski definition) is 0. The first-order chi connectivity index (χ1) is 20.8. The molecule has 0 fully saturated rings. The molecule has 0 aromatic heterocycles. The Kier molecular flexibility index (Phi) is 8.26. The Labute approximate surface area is 256 Å². The van der Waals surface area contributed by atoms with Crippen LogP contribution in [0.2, 0.25) is 20.3 Å². The van der Waals surface area contributed by atoms with Crippen molar-refractivity contribution >= 4 is 5.43 Å². The van der Waals surface area contributed by atoms with Gasteiger partial charge < -0.3 is 0 Å².